The van der Waals surface area contributed by atoms with Gasteiger partial charge in [0.25, 0.3) is 0 Å². The minimum Gasteiger partial charge on any atom is -0.379 e. The predicted molar refractivity (Wildman–Crippen MR) is 67.0 cm³/mol. The van der Waals surface area contributed by atoms with Crippen LogP contribution >= 0.6 is 0 Å². The molecule has 0 aromatic rings. The standard InChI is InChI=1S/C13H22N2O3/c1-4-9-12(17)15(10(5-2)11(16)14-9)13(3)6-7-18-8-13/h9-10H,4-8H2,1-3H3,(H,14,16). The van der Waals surface area contributed by atoms with Crippen molar-refractivity contribution in [3.05, 3.63) is 0 Å². The van der Waals surface area contributed by atoms with Crippen LogP contribution < -0.4 is 5.32 Å². The Labute approximate surface area is 108 Å². The number of ether oxygens (including phenoxy) is 1. The van der Waals surface area contributed by atoms with Crippen molar-refractivity contribution in [1.29, 1.82) is 0 Å². The summed E-state index contributed by atoms with van der Waals surface area (Å²) in [6.07, 6.45) is 2.08. The molecule has 5 nitrogen and oxygen atoms in total. The molecule has 0 aromatic carbocycles. The van der Waals surface area contributed by atoms with E-state index in [1.165, 1.54) is 0 Å². The zero-order valence-corrected chi connectivity index (χ0v) is 11.4. The molecule has 0 radical (unpaired) electrons. The van der Waals surface area contributed by atoms with Crippen LogP contribution in [0.25, 0.3) is 0 Å². The Kier molecular flexibility index (Phi) is 3.61. The van der Waals surface area contributed by atoms with E-state index in [-0.39, 0.29) is 29.4 Å². The molecule has 2 aliphatic rings. The smallest absolute Gasteiger partial charge is 0.246 e. The van der Waals surface area contributed by atoms with Gasteiger partial charge >= 0.3 is 0 Å². The maximum Gasteiger partial charge on any atom is 0.246 e. The first-order chi connectivity index (χ1) is 8.53. The van der Waals surface area contributed by atoms with E-state index in [1.807, 2.05) is 20.8 Å². The summed E-state index contributed by atoms with van der Waals surface area (Å²) >= 11 is 0. The molecule has 0 spiro atoms. The predicted octanol–water partition coefficient (Wildman–Crippen LogP) is 0.681. The SMILES string of the molecule is CCC1NC(=O)C(CC)N(C2(C)CCOC2)C1=O. The highest BCUT2D eigenvalue weighted by Crippen LogP contribution is 2.31. The van der Waals surface area contributed by atoms with Crippen LogP contribution in [-0.2, 0) is 14.3 Å². The lowest BCUT2D eigenvalue weighted by Crippen LogP contribution is -2.69. The van der Waals surface area contributed by atoms with Gasteiger partial charge in [-0.25, -0.2) is 0 Å². The maximum atomic E-state index is 12.5. The first-order valence-electron chi connectivity index (χ1n) is 6.74. The number of amides is 2. The van der Waals surface area contributed by atoms with Crippen LogP contribution in [0.5, 0.6) is 0 Å². The number of piperazine rings is 1. The Bertz CT molecular complexity index is 350. The Hall–Kier alpha value is -1.10. The van der Waals surface area contributed by atoms with Crippen LogP contribution in [0.4, 0.5) is 0 Å². The van der Waals surface area contributed by atoms with Crippen LogP contribution in [0.1, 0.15) is 40.0 Å². The van der Waals surface area contributed by atoms with E-state index in [0.29, 0.717) is 26.1 Å². The van der Waals surface area contributed by atoms with Crippen LogP contribution in [0, 0.1) is 0 Å². The molecule has 1 N–H and O–H groups in total. The molecule has 0 bridgehead atoms. The highest BCUT2D eigenvalue weighted by atomic mass is 16.5. The van der Waals surface area contributed by atoms with E-state index in [2.05, 4.69) is 5.32 Å². The summed E-state index contributed by atoms with van der Waals surface area (Å²) in [4.78, 5) is 26.4. The Morgan fingerprint density at radius 3 is 2.61 bits per heavy atom. The van der Waals surface area contributed by atoms with Crippen LogP contribution in [-0.4, -0.2) is 47.6 Å². The van der Waals surface area contributed by atoms with Gasteiger partial charge in [0.2, 0.25) is 11.8 Å². The third kappa shape index (κ3) is 2.00. The van der Waals surface area contributed by atoms with Gasteiger partial charge in [0.1, 0.15) is 12.1 Å². The summed E-state index contributed by atoms with van der Waals surface area (Å²) in [5.74, 6) is 0.00836. The summed E-state index contributed by atoms with van der Waals surface area (Å²) in [5.41, 5.74) is -0.330. The fraction of sp³-hybridized carbons (Fsp3) is 0.846. The molecule has 0 saturated carbocycles. The number of nitrogens with one attached hydrogen (secondary N) is 1. The normalized spacial score (nSPS) is 36.9. The zero-order chi connectivity index (χ0) is 13.3. The van der Waals surface area contributed by atoms with Gasteiger partial charge < -0.3 is 15.0 Å². The summed E-state index contributed by atoms with van der Waals surface area (Å²) < 4.78 is 5.43. The van der Waals surface area contributed by atoms with E-state index in [0.717, 1.165) is 6.42 Å². The van der Waals surface area contributed by atoms with Gasteiger partial charge in [0.15, 0.2) is 0 Å². The van der Waals surface area contributed by atoms with E-state index in [9.17, 15) is 9.59 Å². The van der Waals surface area contributed by atoms with Gasteiger partial charge in [-0.3, -0.25) is 9.59 Å². The van der Waals surface area contributed by atoms with E-state index in [1.54, 1.807) is 4.90 Å². The van der Waals surface area contributed by atoms with Gasteiger partial charge in [-0.2, -0.15) is 0 Å². The van der Waals surface area contributed by atoms with E-state index >= 15 is 0 Å². The van der Waals surface area contributed by atoms with Crippen molar-refractivity contribution in [2.45, 2.75) is 57.7 Å². The summed E-state index contributed by atoms with van der Waals surface area (Å²) in [5, 5.41) is 2.82. The van der Waals surface area contributed by atoms with Gasteiger partial charge in [-0.1, -0.05) is 13.8 Å². The highest BCUT2D eigenvalue weighted by molar-refractivity contribution is 5.97. The minimum atomic E-state index is -0.377. The van der Waals surface area contributed by atoms with Gasteiger partial charge in [-0.15, -0.1) is 0 Å². The van der Waals surface area contributed by atoms with Crippen molar-refractivity contribution in [2.24, 2.45) is 0 Å². The highest BCUT2D eigenvalue weighted by Gasteiger charge is 2.49. The van der Waals surface area contributed by atoms with Gasteiger partial charge in [-0.05, 0) is 26.2 Å². The average Bonchev–Trinajstić information content (AvgIpc) is 2.78. The van der Waals surface area contributed by atoms with Crippen molar-refractivity contribution in [1.82, 2.24) is 10.2 Å². The maximum absolute atomic E-state index is 12.5. The Balaban J connectivity index is 2.31. The minimum absolute atomic E-state index is 0.0305. The van der Waals surface area contributed by atoms with Gasteiger partial charge in [0, 0.05) is 6.61 Å². The number of carbonyl (C=O) groups excluding carboxylic acids is 2. The topological polar surface area (TPSA) is 58.6 Å². The summed E-state index contributed by atoms with van der Waals surface area (Å²) in [6.45, 7) is 7.07. The second-order valence-electron chi connectivity index (χ2n) is 5.40. The van der Waals surface area contributed by atoms with E-state index < -0.39 is 0 Å². The molecule has 2 heterocycles. The lowest BCUT2D eigenvalue weighted by molar-refractivity contribution is -0.157. The molecule has 18 heavy (non-hydrogen) atoms. The first kappa shape index (κ1) is 13.3. The van der Waals surface area contributed by atoms with Crippen LogP contribution in [0.15, 0.2) is 0 Å². The number of hydrogen-bond donors (Lipinski definition) is 1. The van der Waals surface area contributed by atoms with E-state index in [4.69, 9.17) is 4.74 Å². The monoisotopic (exact) mass is 254 g/mol. The Morgan fingerprint density at radius 2 is 2.11 bits per heavy atom. The number of carbonyl (C=O) groups is 2. The first-order valence-corrected chi connectivity index (χ1v) is 6.74. The molecule has 0 aromatic heterocycles. The molecule has 2 fully saturated rings. The fourth-order valence-electron chi connectivity index (χ4n) is 2.90. The third-order valence-corrected chi connectivity index (χ3v) is 4.04. The molecular formula is C13H22N2O3. The van der Waals surface area contributed by atoms with Crippen molar-refractivity contribution >= 4 is 11.8 Å². The number of nitrogens with zero attached hydrogens (tertiary/aromatic N) is 1. The second kappa shape index (κ2) is 4.88. The largest absolute Gasteiger partial charge is 0.379 e. The van der Waals surface area contributed by atoms with Crippen molar-refractivity contribution in [3.8, 4) is 0 Å². The molecule has 2 rings (SSSR count). The molecule has 2 amide bonds. The molecule has 5 heteroatoms. The lowest BCUT2D eigenvalue weighted by atomic mass is 9.91. The molecule has 3 unspecified atom stereocenters. The summed E-state index contributed by atoms with van der Waals surface area (Å²) in [7, 11) is 0. The molecule has 0 aliphatic carbocycles. The van der Waals surface area contributed by atoms with Crippen molar-refractivity contribution in [2.75, 3.05) is 13.2 Å². The van der Waals surface area contributed by atoms with Crippen LogP contribution in [0.2, 0.25) is 0 Å². The van der Waals surface area contributed by atoms with Gasteiger partial charge in [0.05, 0.1) is 12.1 Å². The third-order valence-electron chi connectivity index (χ3n) is 4.04. The lowest BCUT2D eigenvalue weighted by Gasteiger charge is -2.46. The molecule has 2 saturated heterocycles. The fourth-order valence-corrected chi connectivity index (χ4v) is 2.90. The zero-order valence-electron chi connectivity index (χ0n) is 11.4. The molecule has 3 atom stereocenters. The number of rotatable bonds is 3. The Morgan fingerprint density at radius 1 is 1.39 bits per heavy atom. The molecular weight excluding hydrogens is 232 g/mol. The van der Waals surface area contributed by atoms with Crippen molar-refractivity contribution in [3.63, 3.8) is 0 Å². The molecule has 102 valence electrons. The molecule has 2 aliphatic heterocycles. The van der Waals surface area contributed by atoms with Crippen molar-refractivity contribution < 1.29 is 14.3 Å². The average molecular weight is 254 g/mol. The number of hydrogen-bond acceptors (Lipinski definition) is 3. The second-order valence-corrected chi connectivity index (χ2v) is 5.40. The van der Waals surface area contributed by atoms with Crippen LogP contribution in [0.3, 0.4) is 0 Å². The summed E-state index contributed by atoms with van der Waals surface area (Å²) in [6, 6.07) is -0.732. The quantitative estimate of drug-likeness (QED) is 0.806.